The average molecular weight is 399 g/mol. The third kappa shape index (κ3) is 1.87. The molecule has 0 amide bonds. The molecule has 0 saturated heterocycles. The summed E-state index contributed by atoms with van der Waals surface area (Å²) in [6, 6.07) is 38.3. The van der Waals surface area contributed by atoms with Crippen LogP contribution in [0.3, 0.4) is 0 Å². The lowest BCUT2D eigenvalue weighted by Crippen LogP contribution is -2.25. The normalized spacial score (nSPS) is 14.3. The van der Waals surface area contributed by atoms with Gasteiger partial charge < -0.3 is 0 Å². The van der Waals surface area contributed by atoms with Crippen LogP contribution < -0.4 is 0 Å². The fourth-order valence-corrected chi connectivity index (χ4v) is 6.42. The van der Waals surface area contributed by atoms with Crippen LogP contribution in [-0.4, -0.2) is 0 Å². The molecule has 0 fully saturated rings. The van der Waals surface area contributed by atoms with Crippen molar-refractivity contribution < 1.29 is 0 Å². The quantitative estimate of drug-likeness (QED) is 0.265. The van der Waals surface area contributed by atoms with E-state index in [0.29, 0.717) is 0 Å². The SMILES string of the molecule is c1csc(-c2ccc3c(c2)-c2ccccc2C32c3ccccc3-c3ccccc32)c1. The molecular formula is C29H18S. The van der Waals surface area contributed by atoms with Gasteiger partial charge >= 0.3 is 0 Å². The molecule has 0 saturated carbocycles. The lowest BCUT2D eigenvalue weighted by molar-refractivity contribution is 0.794. The second-order valence-corrected chi connectivity index (χ2v) is 9.07. The topological polar surface area (TPSA) is 0 Å². The van der Waals surface area contributed by atoms with Gasteiger partial charge in [0, 0.05) is 4.88 Å². The van der Waals surface area contributed by atoms with E-state index >= 15 is 0 Å². The number of thiophene rings is 1. The zero-order valence-electron chi connectivity index (χ0n) is 16.3. The number of rotatable bonds is 1. The van der Waals surface area contributed by atoms with E-state index in [1.165, 1.54) is 54.9 Å². The monoisotopic (exact) mass is 398 g/mol. The second kappa shape index (κ2) is 5.81. The predicted molar refractivity (Wildman–Crippen MR) is 126 cm³/mol. The van der Waals surface area contributed by atoms with Crippen LogP contribution in [-0.2, 0) is 5.41 Å². The Bertz CT molecular complexity index is 1390. The first-order valence-corrected chi connectivity index (χ1v) is 11.2. The molecule has 1 aromatic heterocycles. The summed E-state index contributed by atoms with van der Waals surface area (Å²) in [5, 5.41) is 2.15. The Morgan fingerprint density at radius 1 is 0.467 bits per heavy atom. The van der Waals surface area contributed by atoms with Crippen molar-refractivity contribution in [1.29, 1.82) is 0 Å². The van der Waals surface area contributed by atoms with Gasteiger partial charge in [-0.05, 0) is 67.6 Å². The number of hydrogen-bond donors (Lipinski definition) is 0. The molecule has 0 radical (unpaired) electrons. The van der Waals surface area contributed by atoms with Gasteiger partial charge in [0.15, 0.2) is 0 Å². The van der Waals surface area contributed by atoms with E-state index in [1.54, 1.807) is 11.3 Å². The molecule has 0 nitrogen and oxygen atoms in total. The van der Waals surface area contributed by atoms with E-state index in [-0.39, 0.29) is 5.41 Å². The lowest BCUT2D eigenvalue weighted by Gasteiger charge is -2.30. The van der Waals surface area contributed by atoms with Gasteiger partial charge in [-0.3, -0.25) is 0 Å². The fraction of sp³-hybridized carbons (Fsp3) is 0.0345. The molecule has 0 atom stereocenters. The van der Waals surface area contributed by atoms with Crippen LogP contribution in [0, 0.1) is 0 Å². The summed E-state index contributed by atoms with van der Waals surface area (Å²) in [5.74, 6) is 0. The summed E-state index contributed by atoms with van der Waals surface area (Å²) in [7, 11) is 0. The standard InChI is InChI=1S/C29H18S/c1-4-11-24-20(8-1)21-9-2-5-12-25(21)29(24)26-13-6-3-10-22(26)23-18-19(15-16-27(23)29)28-14-7-17-30-28/h1-18H. The Hall–Kier alpha value is -3.42. The van der Waals surface area contributed by atoms with Crippen molar-refractivity contribution in [3.63, 3.8) is 0 Å². The van der Waals surface area contributed by atoms with Crippen molar-refractivity contribution in [3.05, 3.63) is 131 Å². The van der Waals surface area contributed by atoms with Gasteiger partial charge in [0.25, 0.3) is 0 Å². The van der Waals surface area contributed by atoms with Gasteiger partial charge in [0.2, 0.25) is 0 Å². The summed E-state index contributed by atoms with van der Waals surface area (Å²) in [6.07, 6.45) is 0. The van der Waals surface area contributed by atoms with E-state index < -0.39 is 0 Å². The molecule has 5 aromatic rings. The third-order valence-corrected chi connectivity index (χ3v) is 7.72. The van der Waals surface area contributed by atoms with Gasteiger partial charge in [-0.1, -0.05) is 91.0 Å². The van der Waals surface area contributed by atoms with Crippen molar-refractivity contribution >= 4 is 11.3 Å². The van der Waals surface area contributed by atoms with Gasteiger partial charge in [-0.15, -0.1) is 11.3 Å². The smallest absolute Gasteiger partial charge is 0.0725 e. The molecule has 1 spiro atoms. The first-order chi connectivity index (χ1) is 14.9. The van der Waals surface area contributed by atoms with E-state index in [0.717, 1.165) is 0 Å². The molecule has 7 rings (SSSR count). The maximum Gasteiger partial charge on any atom is 0.0725 e. The van der Waals surface area contributed by atoms with Gasteiger partial charge in [0.1, 0.15) is 0 Å². The Labute approximate surface area is 180 Å². The fourth-order valence-electron chi connectivity index (χ4n) is 5.70. The van der Waals surface area contributed by atoms with Crippen molar-refractivity contribution in [2.45, 2.75) is 5.41 Å². The largest absolute Gasteiger partial charge is 0.144 e. The zero-order chi connectivity index (χ0) is 19.7. The van der Waals surface area contributed by atoms with Crippen molar-refractivity contribution in [2.75, 3.05) is 0 Å². The van der Waals surface area contributed by atoms with Crippen LogP contribution in [0.1, 0.15) is 22.3 Å². The Kier molecular flexibility index (Phi) is 3.17. The van der Waals surface area contributed by atoms with Crippen LogP contribution in [0.2, 0.25) is 0 Å². The maximum absolute atomic E-state index is 2.40. The lowest BCUT2D eigenvalue weighted by atomic mass is 9.70. The molecule has 2 aliphatic carbocycles. The highest BCUT2D eigenvalue weighted by Gasteiger charge is 2.51. The highest BCUT2D eigenvalue weighted by Crippen LogP contribution is 2.62. The van der Waals surface area contributed by atoms with Gasteiger partial charge in [-0.25, -0.2) is 0 Å². The van der Waals surface area contributed by atoms with Crippen LogP contribution in [0.4, 0.5) is 0 Å². The summed E-state index contributed by atoms with van der Waals surface area (Å²) in [6.45, 7) is 0. The van der Waals surface area contributed by atoms with E-state index in [4.69, 9.17) is 0 Å². The highest BCUT2D eigenvalue weighted by atomic mass is 32.1. The first-order valence-electron chi connectivity index (χ1n) is 10.4. The third-order valence-electron chi connectivity index (χ3n) is 6.80. The van der Waals surface area contributed by atoms with E-state index in [2.05, 4.69) is 109 Å². The second-order valence-electron chi connectivity index (χ2n) is 8.12. The van der Waals surface area contributed by atoms with Gasteiger partial charge in [-0.2, -0.15) is 0 Å². The summed E-state index contributed by atoms with van der Waals surface area (Å²) in [4.78, 5) is 1.32. The highest BCUT2D eigenvalue weighted by molar-refractivity contribution is 7.13. The Balaban J connectivity index is 1.64. The average Bonchev–Trinajstić information content (AvgIpc) is 3.51. The summed E-state index contributed by atoms with van der Waals surface area (Å²) < 4.78 is 0. The molecule has 0 unspecified atom stereocenters. The predicted octanol–water partition coefficient (Wildman–Crippen LogP) is 7.76. The molecule has 2 aliphatic rings. The molecular weight excluding hydrogens is 380 g/mol. The van der Waals surface area contributed by atoms with Gasteiger partial charge in [0.05, 0.1) is 5.41 Å². The van der Waals surface area contributed by atoms with Crippen LogP contribution in [0.5, 0.6) is 0 Å². The number of benzene rings is 4. The summed E-state index contributed by atoms with van der Waals surface area (Å²) >= 11 is 1.80. The molecule has 0 aliphatic heterocycles. The van der Waals surface area contributed by atoms with Crippen LogP contribution in [0.15, 0.2) is 109 Å². The molecule has 1 heterocycles. The Morgan fingerprint density at radius 3 is 1.57 bits per heavy atom. The van der Waals surface area contributed by atoms with E-state index in [1.807, 2.05) is 0 Å². The maximum atomic E-state index is 2.40. The minimum absolute atomic E-state index is 0.229. The molecule has 30 heavy (non-hydrogen) atoms. The minimum atomic E-state index is -0.229. The van der Waals surface area contributed by atoms with Crippen molar-refractivity contribution in [3.8, 4) is 32.7 Å². The molecule has 4 aromatic carbocycles. The van der Waals surface area contributed by atoms with Crippen molar-refractivity contribution in [2.24, 2.45) is 0 Å². The van der Waals surface area contributed by atoms with Crippen molar-refractivity contribution in [1.82, 2.24) is 0 Å². The Morgan fingerprint density at radius 2 is 1.00 bits per heavy atom. The minimum Gasteiger partial charge on any atom is -0.144 e. The number of fused-ring (bicyclic) bond motifs is 10. The molecule has 140 valence electrons. The zero-order valence-corrected chi connectivity index (χ0v) is 17.1. The van der Waals surface area contributed by atoms with Crippen LogP contribution >= 0.6 is 11.3 Å². The molecule has 1 heteroatoms. The molecule has 0 bridgehead atoms. The van der Waals surface area contributed by atoms with E-state index in [9.17, 15) is 0 Å². The van der Waals surface area contributed by atoms with Crippen LogP contribution in [0.25, 0.3) is 32.7 Å². The summed E-state index contributed by atoms with van der Waals surface area (Å²) in [5.41, 5.74) is 12.1. The molecule has 0 N–H and O–H groups in total. The first kappa shape index (κ1) is 16.4. The number of hydrogen-bond acceptors (Lipinski definition) is 1.